The van der Waals surface area contributed by atoms with E-state index in [0.717, 1.165) is 16.9 Å². The fourth-order valence-electron chi connectivity index (χ4n) is 2.15. The van der Waals surface area contributed by atoms with Crippen molar-refractivity contribution in [2.75, 3.05) is 19.7 Å². The molecule has 3 N–H and O–H groups in total. The SMILES string of the molecule is NCCCC(=O)NCCOc1ccccc1-c1ccccc1. The number of rotatable bonds is 8. The summed E-state index contributed by atoms with van der Waals surface area (Å²) >= 11 is 0. The third kappa shape index (κ3) is 4.90. The second-order valence-electron chi connectivity index (χ2n) is 4.95. The molecule has 4 nitrogen and oxygen atoms in total. The average molecular weight is 298 g/mol. The van der Waals surface area contributed by atoms with Crippen molar-refractivity contribution in [2.45, 2.75) is 12.8 Å². The first-order valence-electron chi connectivity index (χ1n) is 7.55. The minimum absolute atomic E-state index is 0.0189. The van der Waals surface area contributed by atoms with Crippen LogP contribution in [0.2, 0.25) is 0 Å². The number of hydrogen-bond acceptors (Lipinski definition) is 3. The van der Waals surface area contributed by atoms with Crippen molar-refractivity contribution in [3.05, 3.63) is 54.6 Å². The molecule has 0 aliphatic rings. The van der Waals surface area contributed by atoms with Crippen molar-refractivity contribution in [3.8, 4) is 16.9 Å². The first kappa shape index (κ1) is 16.0. The summed E-state index contributed by atoms with van der Waals surface area (Å²) in [4.78, 5) is 11.5. The molecule has 22 heavy (non-hydrogen) atoms. The smallest absolute Gasteiger partial charge is 0.220 e. The topological polar surface area (TPSA) is 64.4 Å². The monoisotopic (exact) mass is 298 g/mol. The Kier molecular flexibility index (Phi) is 6.45. The molecule has 0 aliphatic heterocycles. The molecule has 0 radical (unpaired) electrons. The molecular weight excluding hydrogens is 276 g/mol. The zero-order chi connectivity index (χ0) is 15.6. The minimum atomic E-state index is 0.0189. The molecule has 116 valence electrons. The van der Waals surface area contributed by atoms with E-state index in [1.807, 2.05) is 42.5 Å². The predicted molar refractivity (Wildman–Crippen MR) is 88.7 cm³/mol. The van der Waals surface area contributed by atoms with Gasteiger partial charge in [0.05, 0.1) is 6.54 Å². The molecule has 0 spiro atoms. The van der Waals surface area contributed by atoms with Gasteiger partial charge in [-0.1, -0.05) is 48.5 Å². The molecule has 2 aromatic carbocycles. The summed E-state index contributed by atoms with van der Waals surface area (Å²) < 4.78 is 5.81. The van der Waals surface area contributed by atoms with Crippen LogP contribution in [0.5, 0.6) is 5.75 Å². The van der Waals surface area contributed by atoms with Crippen LogP contribution >= 0.6 is 0 Å². The van der Waals surface area contributed by atoms with Gasteiger partial charge in [-0.3, -0.25) is 4.79 Å². The standard InChI is InChI=1S/C18H22N2O2/c19-12-6-11-18(21)20-13-14-22-17-10-5-4-9-16(17)15-7-2-1-3-8-15/h1-5,7-10H,6,11-14,19H2,(H,20,21). The first-order chi connectivity index (χ1) is 10.8. The largest absolute Gasteiger partial charge is 0.491 e. The van der Waals surface area contributed by atoms with Gasteiger partial charge in [-0.15, -0.1) is 0 Å². The van der Waals surface area contributed by atoms with E-state index in [1.165, 1.54) is 0 Å². The van der Waals surface area contributed by atoms with Crippen LogP contribution < -0.4 is 15.8 Å². The molecule has 2 rings (SSSR count). The fraction of sp³-hybridized carbons (Fsp3) is 0.278. The number of benzene rings is 2. The lowest BCUT2D eigenvalue weighted by Gasteiger charge is -2.12. The van der Waals surface area contributed by atoms with Crippen LogP contribution in [-0.4, -0.2) is 25.6 Å². The van der Waals surface area contributed by atoms with E-state index in [0.29, 0.717) is 32.5 Å². The van der Waals surface area contributed by atoms with Crippen LogP contribution in [0.25, 0.3) is 11.1 Å². The molecular formula is C18H22N2O2. The molecule has 0 saturated heterocycles. The van der Waals surface area contributed by atoms with Gasteiger partial charge in [0.15, 0.2) is 0 Å². The normalized spacial score (nSPS) is 10.2. The number of nitrogens with two attached hydrogens (primary N) is 1. The third-order valence-corrected chi connectivity index (χ3v) is 3.26. The van der Waals surface area contributed by atoms with E-state index in [4.69, 9.17) is 10.5 Å². The summed E-state index contributed by atoms with van der Waals surface area (Å²) in [5.74, 6) is 0.843. The second-order valence-corrected chi connectivity index (χ2v) is 4.95. The Morgan fingerprint density at radius 3 is 2.55 bits per heavy atom. The maximum atomic E-state index is 11.5. The van der Waals surface area contributed by atoms with Crippen LogP contribution in [0.4, 0.5) is 0 Å². The molecule has 4 heteroatoms. The molecule has 0 atom stereocenters. The number of nitrogens with one attached hydrogen (secondary N) is 1. The van der Waals surface area contributed by atoms with Crippen molar-refractivity contribution < 1.29 is 9.53 Å². The zero-order valence-corrected chi connectivity index (χ0v) is 12.6. The van der Waals surface area contributed by atoms with E-state index < -0.39 is 0 Å². The van der Waals surface area contributed by atoms with E-state index in [1.54, 1.807) is 0 Å². The summed E-state index contributed by atoms with van der Waals surface area (Å²) in [6, 6.07) is 18.0. The highest BCUT2D eigenvalue weighted by Crippen LogP contribution is 2.29. The predicted octanol–water partition coefficient (Wildman–Crippen LogP) is 2.59. The van der Waals surface area contributed by atoms with E-state index in [9.17, 15) is 4.79 Å². The number of amides is 1. The van der Waals surface area contributed by atoms with E-state index in [2.05, 4.69) is 17.4 Å². The zero-order valence-electron chi connectivity index (χ0n) is 12.6. The number of para-hydroxylation sites is 1. The van der Waals surface area contributed by atoms with Crippen molar-refractivity contribution in [1.82, 2.24) is 5.32 Å². The summed E-state index contributed by atoms with van der Waals surface area (Å²) in [5, 5.41) is 2.83. The third-order valence-electron chi connectivity index (χ3n) is 3.26. The van der Waals surface area contributed by atoms with Gasteiger partial charge < -0.3 is 15.8 Å². The average Bonchev–Trinajstić information content (AvgIpc) is 2.58. The minimum Gasteiger partial charge on any atom is -0.491 e. The van der Waals surface area contributed by atoms with E-state index >= 15 is 0 Å². The van der Waals surface area contributed by atoms with Gasteiger partial charge in [0.25, 0.3) is 0 Å². The van der Waals surface area contributed by atoms with Gasteiger partial charge in [-0.05, 0) is 24.6 Å². The quantitative estimate of drug-likeness (QED) is 0.736. The van der Waals surface area contributed by atoms with Crippen molar-refractivity contribution in [3.63, 3.8) is 0 Å². The Bertz CT molecular complexity index is 585. The second kappa shape index (κ2) is 8.85. The Morgan fingerprint density at radius 2 is 1.77 bits per heavy atom. The maximum absolute atomic E-state index is 11.5. The lowest BCUT2D eigenvalue weighted by Crippen LogP contribution is -2.28. The van der Waals surface area contributed by atoms with Crippen LogP contribution in [0.3, 0.4) is 0 Å². The van der Waals surface area contributed by atoms with Crippen LogP contribution in [-0.2, 0) is 4.79 Å². The highest BCUT2D eigenvalue weighted by Gasteiger charge is 2.05. The van der Waals surface area contributed by atoms with Gasteiger partial charge in [-0.2, -0.15) is 0 Å². The van der Waals surface area contributed by atoms with Crippen molar-refractivity contribution in [2.24, 2.45) is 5.73 Å². The number of ether oxygens (including phenoxy) is 1. The van der Waals surface area contributed by atoms with Gasteiger partial charge in [0.2, 0.25) is 5.91 Å². The first-order valence-corrected chi connectivity index (χ1v) is 7.55. The summed E-state index contributed by atoms with van der Waals surface area (Å²) in [6.45, 7) is 1.47. The highest BCUT2D eigenvalue weighted by atomic mass is 16.5. The highest BCUT2D eigenvalue weighted by molar-refractivity contribution is 5.75. The molecule has 0 bridgehead atoms. The summed E-state index contributed by atoms with van der Waals surface area (Å²) in [6.07, 6.45) is 1.18. The van der Waals surface area contributed by atoms with Crippen molar-refractivity contribution in [1.29, 1.82) is 0 Å². The Hall–Kier alpha value is -2.33. The molecule has 2 aromatic rings. The number of hydrogen-bond donors (Lipinski definition) is 2. The van der Waals surface area contributed by atoms with Crippen LogP contribution in [0.1, 0.15) is 12.8 Å². The summed E-state index contributed by atoms with van der Waals surface area (Å²) in [5.41, 5.74) is 7.54. The molecule has 0 heterocycles. The van der Waals surface area contributed by atoms with Crippen LogP contribution in [0.15, 0.2) is 54.6 Å². The lowest BCUT2D eigenvalue weighted by atomic mass is 10.1. The Morgan fingerprint density at radius 1 is 1.05 bits per heavy atom. The van der Waals surface area contributed by atoms with Gasteiger partial charge >= 0.3 is 0 Å². The van der Waals surface area contributed by atoms with Gasteiger partial charge in [-0.25, -0.2) is 0 Å². The molecule has 0 aliphatic carbocycles. The molecule has 0 saturated carbocycles. The summed E-state index contributed by atoms with van der Waals surface area (Å²) in [7, 11) is 0. The fourth-order valence-corrected chi connectivity index (χ4v) is 2.15. The molecule has 0 aromatic heterocycles. The lowest BCUT2D eigenvalue weighted by molar-refractivity contribution is -0.121. The molecule has 1 amide bonds. The maximum Gasteiger partial charge on any atom is 0.220 e. The molecule has 0 fully saturated rings. The van der Waals surface area contributed by atoms with Crippen molar-refractivity contribution >= 4 is 5.91 Å². The van der Waals surface area contributed by atoms with Crippen LogP contribution in [0, 0.1) is 0 Å². The number of carbonyl (C=O) groups is 1. The number of carbonyl (C=O) groups excluding carboxylic acids is 1. The Balaban J connectivity index is 1.87. The molecule has 0 unspecified atom stereocenters. The van der Waals surface area contributed by atoms with Gasteiger partial charge in [0.1, 0.15) is 12.4 Å². The Labute approximate surface area is 131 Å². The van der Waals surface area contributed by atoms with Gasteiger partial charge in [0, 0.05) is 12.0 Å². The van der Waals surface area contributed by atoms with E-state index in [-0.39, 0.29) is 5.91 Å².